The van der Waals surface area contributed by atoms with Crippen molar-refractivity contribution in [3.63, 3.8) is 0 Å². The van der Waals surface area contributed by atoms with Crippen LogP contribution in [0.3, 0.4) is 0 Å². The van der Waals surface area contributed by atoms with Crippen molar-refractivity contribution < 1.29 is 18.5 Å². The molecule has 0 radical (unpaired) electrons. The van der Waals surface area contributed by atoms with Gasteiger partial charge in [-0.2, -0.15) is 0 Å². The first-order chi connectivity index (χ1) is 15.2. The molecule has 0 aliphatic rings. The van der Waals surface area contributed by atoms with Gasteiger partial charge in [0.1, 0.15) is 11.5 Å². The average molecular weight is 487 g/mol. The minimum Gasteiger partial charge on any atom is -0.395 e. The molecule has 0 saturated heterocycles. The van der Waals surface area contributed by atoms with E-state index in [2.05, 4.69) is 75.0 Å². The third kappa shape index (κ3) is 6.77. The largest absolute Gasteiger partial charge is 0.584 e. The maximum atomic E-state index is 13.2. The Bertz CT molecular complexity index is 1090. The normalized spacial score (nSPS) is 14.9. The average Bonchev–Trinajstić information content (AvgIpc) is 2.65. The highest BCUT2D eigenvalue weighted by Crippen LogP contribution is 2.50. The van der Waals surface area contributed by atoms with E-state index >= 15 is 0 Å². The Morgan fingerprint density at radius 3 is 1.44 bits per heavy atom. The molecule has 1 atom stereocenters. The first-order valence-corrected chi connectivity index (χ1v) is 13.3. The van der Waals surface area contributed by atoms with Crippen LogP contribution in [-0.4, -0.2) is 4.89 Å². The Labute approximate surface area is 207 Å². The van der Waals surface area contributed by atoms with Gasteiger partial charge in [-0.3, -0.25) is 4.89 Å². The summed E-state index contributed by atoms with van der Waals surface area (Å²) in [5.74, 6) is 0.662. The Morgan fingerprint density at radius 2 is 1.09 bits per heavy atom. The van der Waals surface area contributed by atoms with Crippen molar-refractivity contribution in [2.24, 2.45) is 0 Å². The molecule has 5 heteroatoms. The van der Waals surface area contributed by atoms with Gasteiger partial charge in [0.05, 0.1) is 0 Å². The van der Waals surface area contributed by atoms with Crippen LogP contribution in [-0.2, 0) is 26.2 Å². The lowest BCUT2D eigenvalue weighted by Crippen LogP contribution is -2.19. The van der Waals surface area contributed by atoms with Crippen LogP contribution in [0.15, 0.2) is 49.1 Å². The molecule has 188 valence electrons. The van der Waals surface area contributed by atoms with Gasteiger partial charge in [0.15, 0.2) is 0 Å². The summed E-state index contributed by atoms with van der Waals surface area (Å²) < 4.78 is 24.6. The number of allylic oxidation sites excluding steroid dienone is 1. The Hall–Kier alpha value is -2.03. The monoisotopic (exact) mass is 486 g/mol. The van der Waals surface area contributed by atoms with Crippen LogP contribution >= 0.6 is 7.82 Å². The molecule has 0 heterocycles. The number of hydrogen-bond acceptors (Lipinski definition) is 3. The maximum absolute atomic E-state index is 13.2. The fraction of sp³-hybridized carbons (Fsp3) is 0.517. The van der Waals surface area contributed by atoms with Crippen molar-refractivity contribution in [2.45, 2.75) is 97.8 Å². The summed E-state index contributed by atoms with van der Waals surface area (Å²) in [7, 11) is -4.49. The summed E-state index contributed by atoms with van der Waals surface area (Å²) in [6, 6.07) is 11.5. The van der Waals surface area contributed by atoms with Gasteiger partial charge in [0.2, 0.25) is 0 Å². The van der Waals surface area contributed by atoms with Crippen LogP contribution in [0, 0.1) is 0 Å². The lowest BCUT2D eigenvalue weighted by molar-refractivity contribution is 0.286. The van der Waals surface area contributed by atoms with Crippen molar-refractivity contribution in [1.82, 2.24) is 0 Å². The van der Waals surface area contributed by atoms with Crippen molar-refractivity contribution in [1.29, 1.82) is 0 Å². The molecule has 4 nitrogen and oxygen atoms in total. The number of rotatable bonds is 6. The van der Waals surface area contributed by atoms with Gasteiger partial charge in [0.25, 0.3) is 0 Å². The van der Waals surface area contributed by atoms with E-state index in [1.54, 1.807) is 12.1 Å². The molecule has 0 spiro atoms. The molecule has 0 aliphatic heterocycles. The van der Waals surface area contributed by atoms with Gasteiger partial charge < -0.3 is 9.05 Å². The molecule has 34 heavy (non-hydrogen) atoms. The lowest BCUT2D eigenvalue weighted by atomic mass is 9.79. The van der Waals surface area contributed by atoms with Gasteiger partial charge in [-0.15, -0.1) is 6.58 Å². The zero-order valence-electron chi connectivity index (χ0n) is 22.9. The summed E-state index contributed by atoms with van der Waals surface area (Å²) in [6.45, 7) is 26.9. The van der Waals surface area contributed by atoms with Crippen molar-refractivity contribution in [3.8, 4) is 11.5 Å². The molecule has 0 bridgehead atoms. The molecule has 0 aromatic heterocycles. The molecule has 2 aromatic carbocycles. The molecule has 0 amide bonds. The van der Waals surface area contributed by atoms with Gasteiger partial charge in [-0.1, -0.05) is 107 Å². The van der Waals surface area contributed by atoms with Crippen LogP contribution in [0.25, 0.3) is 0 Å². The van der Waals surface area contributed by atoms with Crippen LogP contribution in [0.5, 0.6) is 11.5 Å². The Morgan fingerprint density at radius 1 is 0.706 bits per heavy atom. The molecule has 0 aliphatic carbocycles. The number of benzene rings is 2. The maximum Gasteiger partial charge on any atom is 0.584 e. The third-order valence-corrected chi connectivity index (χ3v) is 6.99. The van der Waals surface area contributed by atoms with Crippen LogP contribution in [0.2, 0.25) is 0 Å². The predicted octanol–water partition coefficient (Wildman–Crippen LogP) is 8.60. The van der Waals surface area contributed by atoms with Crippen molar-refractivity contribution in [3.05, 3.63) is 71.3 Å². The lowest BCUT2D eigenvalue weighted by Gasteiger charge is -2.29. The molecular weight excluding hydrogens is 443 g/mol. The minimum atomic E-state index is -4.49. The van der Waals surface area contributed by atoms with E-state index in [-0.39, 0.29) is 16.2 Å². The van der Waals surface area contributed by atoms with Crippen LogP contribution in [0.1, 0.15) is 98.4 Å². The van der Waals surface area contributed by atoms with E-state index in [1.807, 2.05) is 38.1 Å². The van der Waals surface area contributed by atoms with Crippen molar-refractivity contribution in [2.75, 3.05) is 0 Å². The molecule has 1 unspecified atom stereocenters. The standard InChI is InChI=1S/C29H43O4P/c1-13-29(11,12)23-19-21(27(5,6)7)15-17-25(23)33-34(30,31)32-24-16-14-20(26(2,3)4)18-22(24)28(8,9)10/h13-19H,1H2,2-12H3,(H,30,31). The smallest absolute Gasteiger partial charge is 0.395 e. The first-order valence-electron chi connectivity index (χ1n) is 11.8. The van der Waals surface area contributed by atoms with E-state index in [4.69, 9.17) is 9.05 Å². The van der Waals surface area contributed by atoms with Gasteiger partial charge in [-0.05, 0) is 39.5 Å². The zero-order valence-corrected chi connectivity index (χ0v) is 23.8. The molecule has 0 fully saturated rings. The SMILES string of the molecule is C=CC(C)(C)c1cc(C(C)(C)C)ccc1OP(=O)(O)Oc1ccc(C(C)(C)C)cc1C(C)(C)C. The first kappa shape index (κ1) is 28.2. The predicted molar refractivity (Wildman–Crippen MR) is 143 cm³/mol. The Balaban J connectivity index is 2.52. The number of hydrogen-bond donors (Lipinski definition) is 1. The molecule has 1 N–H and O–H groups in total. The second-order valence-electron chi connectivity index (χ2n) is 12.7. The van der Waals surface area contributed by atoms with Gasteiger partial charge in [-0.25, -0.2) is 4.57 Å². The molecule has 0 saturated carbocycles. The van der Waals surface area contributed by atoms with E-state index in [9.17, 15) is 9.46 Å². The second kappa shape index (κ2) is 9.21. The van der Waals surface area contributed by atoms with Crippen molar-refractivity contribution >= 4 is 7.82 Å². The second-order valence-corrected chi connectivity index (χ2v) is 14.1. The number of phosphoric acid groups is 1. The minimum absolute atomic E-state index is 0.0576. The fourth-order valence-corrected chi connectivity index (χ4v) is 4.47. The van der Waals surface area contributed by atoms with Gasteiger partial charge >= 0.3 is 7.82 Å². The topological polar surface area (TPSA) is 55.8 Å². The van der Waals surface area contributed by atoms with E-state index in [0.717, 1.165) is 22.3 Å². The van der Waals surface area contributed by atoms with E-state index in [0.29, 0.717) is 11.5 Å². The fourth-order valence-electron chi connectivity index (χ4n) is 3.62. The van der Waals surface area contributed by atoms with Crippen LogP contribution < -0.4 is 9.05 Å². The highest BCUT2D eigenvalue weighted by molar-refractivity contribution is 7.48. The summed E-state index contributed by atoms with van der Waals surface area (Å²) in [4.78, 5) is 10.8. The zero-order chi connectivity index (χ0) is 26.3. The third-order valence-electron chi connectivity index (χ3n) is 6.13. The highest BCUT2D eigenvalue weighted by atomic mass is 31.2. The Kier molecular flexibility index (Phi) is 7.64. The summed E-state index contributed by atoms with van der Waals surface area (Å²) in [6.07, 6.45) is 1.81. The molecular formula is C29H43O4P. The quantitative estimate of drug-likeness (QED) is 0.328. The highest BCUT2D eigenvalue weighted by Gasteiger charge is 2.33. The summed E-state index contributed by atoms with van der Waals surface area (Å²) >= 11 is 0. The summed E-state index contributed by atoms with van der Waals surface area (Å²) in [5.41, 5.74) is 2.97. The van der Waals surface area contributed by atoms with Gasteiger partial charge in [0, 0.05) is 16.5 Å². The molecule has 2 rings (SSSR count). The summed E-state index contributed by atoms with van der Waals surface area (Å²) in [5, 5.41) is 0. The van der Waals surface area contributed by atoms with Crippen LogP contribution in [0.4, 0.5) is 0 Å². The number of phosphoric ester groups is 1. The molecule has 2 aromatic rings. The van der Waals surface area contributed by atoms with E-state index < -0.39 is 13.2 Å². The van der Waals surface area contributed by atoms with E-state index in [1.165, 1.54) is 0 Å².